The number of fused-ring (bicyclic) bond motifs is 1. The summed E-state index contributed by atoms with van der Waals surface area (Å²) < 4.78 is 6.58. The minimum absolute atomic E-state index is 0.00680. The zero-order chi connectivity index (χ0) is 16.7. The molecule has 2 aromatic rings. The molecule has 12 nitrogen and oxygen atoms in total. The van der Waals surface area contributed by atoms with Crippen LogP contribution in [0.15, 0.2) is 11.1 Å². The van der Waals surface area contributed by atoms with E-state index in [0.29, 0.717) is 0 Å². The van der Waals surface area contributed by atoms with Gasteiger partial charge in [0.1, 0.15) is 18.3 Å². The average Bonchev–Trinajstić information content (AvgIpc) is 3.01. The van der Waals surface area contributed by atoms with Gasteiger partial charge < -0.3 is 25.8 Å². The lowest BCUT2D eigenvalue weighted by Crippen LogP contribution is -2.33. The van der Waals surface area contributed by atoms with Crippen LogP contribution in [0, 0.1) is 0 Å². The Kier molecular flexibility index (Phi) is 3.73. The molecule has 124 valence electrons. The minimum Gasteiger partial charge on any atom is -0.394 e. The number of aliphatic hydroxyl groups is 3. The highest BCUT2D eigenvalue weighted by molar-refractivity contribution is 5.86. The Labute approximate surface area is 127 Å². The Morgan fingerprint density at radius 1 is 1.48 bits per heavy atom. The molecule has 4 atom stereocenters. The van der Waals surface area contributed by atoms with Crippen LogP contribution in [0.25, 0.3) is 11.2 Å². The summed E-state index contributed by atoms with van der Waals surface area (Å²) in [5, 5.41) is 31.1. The number of hydrogen-bond donors (Lipinski definition) is 6. The Morgan fingerprint density at radius 3 is 2.83 bits per heavy atom. The molecule has 0 saturated carbocycles. The summed E-state index contributed by atoms with van der Waals surface area (Å²) in [4.78, 5) is 32.9. The maximum absolute atomic E-state index is 11.9. The molecule has 0 radical (unpaired) electrons. The molecular formula is C11H14N6O6. The highest BCUT2D eigenvalue weighted by Crippen LogP contribution is 2.30. The molecule has 3 rings (SSSR count). The fourth-order valence-electron chi connectivity index (χ4n) is 2.40. The van der Waals surface area contributed by atoms with Gasteiger partial charge in [-0.25, -0.2) is 9.78 Å². The third kappa shape index (κ3) is 2.53. The van der Waals surface area contributed by atoms with Crippen LogP contribution in [0.3, 0.4) is 0 Å². The van der Waals surface area contributed by atoms with Crippen molar-refractivity contribution in [1.82, 2.24) is 19.5 Å². The molecule has 2 aromatic heterocycles. The van der Waals surface area contributed by atoms with E-state index in [4.69, 9.17) is 15.6 Å². The molecule has 0 unspecified atom stereocenters. The lowest BCUT2D eigenvalue weighted by atomic mass is 10.1. The van der Waals surface area contributed by atoms with Crippen molar-refractivity contribution in [3.05, 3.63) is 16.7 Å². The van der Waals surface area contributed by atoms with Crippen LogP contribution in [0.1, 0.15) is 6.23 Å². The van der Waals surface area contributed by atoms with Crippen molar-refractivity contribution in [2.45, 2.75) is 24.5 Å². The van der Waals surface area contributed by atoms with Crippen LogP contribution < -0.4 is 16.6 Å². The van der Waals surface area contributed by atoms with Gasteiger partial charge in [0.2, 0.25) is 5.95 Å². The second-order valence-corrected chi connectivity index (χ2v) is 4.96. The highest BCUT2D eigenvalue weighted by Gasteiger charge is 2.44. The van der Waals surface area contributed by atoms with Crippen LogP contribution in [0.5, 0.6) is 0 Å². The number of amides is 2. The second-order valence-electron chi connectivity index (χ2n) is 4.96. The number of carbonyl (C=O) groups is 1. The maximum Gasteiger partial charge on any atom is 0.318 e. The summed E-state index contributed by atoms with van der Waals surface area (Å²) in [7, 11) is 0. The summed E-state index contributed by atoms with van der Waals surface area (Å²) in [6.45, 7) is -0.496. The van der Waals surface area contributed by atoms with E-state index >= 15 is 0 Å². The van der Waals surface area contributed by atoms with E-state index in [2.05, 4.69) is 20.3 Å². The summed E-state index contributed by atoms with van der Waals surface area (Å²) in [5.41, 5.74) is 4.28. The van der Waals surface area contributed by atoms with Gasteiger partial charge in [-0.3, -0.25) is 19.7 Å². The molecular weight excluding hydrogens is 312 g/mol. The van der Waals surface area contributed by atoms with Crippen LogP contribution in [-0.2, 0) is 4.74 Å². The molecule has 3 heterocycles. The van der Waals surface area contributed by atoms with Gasteiger partial charge in [0.15, 0.2) is 17.4 Å². The number of H-pyrrole nitrogens is 1. The van der Waals surface area contributed by atoms with E-state index in [1.807, 2.05) is 0 Å². The maximum atomic E-state index is 11.9. The van der Waals surface area contributed by atoms with Gasteiger partial charge in [0, 0.05) is 0 Å². The van der Waals surface area contributed by atoms with Crippen molar-refractivity contribution in [3.8, 4) is 0 Å². The lowest BCUT2D eigenvalue weighted by molar-refractivity contribution is -0.0511. The zero-order valence-corrected chi connectivity index (χ0v) is 11.6. The van der Waals surface area contributed by atoms with Crippen molar-refractivity contribution in [1.29, 1.82) is 0 Å². The number of nitrogens with one attached hydrogen (secondary N) is 2. The van der Waals surface area contributed by atoms with E-state index in [1.54, 1.807) is 0 Å². The van der Waals surface area contributed by atoms with E-state index in [1.165, 1.54) is 10.9 Å². The van der Waals surface area contributed by atoms with Gasteiger partial charge >= 0.3 is 6.03 Å². The minimum atomic E-state index is -1.36. The number of hydrogen-bond acceptors (Lipinski definition) is 8. The summed E-state index contributed by atoms with van der Waals surface area (Å²) >= 11 is 0. The number of ether oxygens (including phenoxy) is 1. The van der Waals surface area contributed by atoms with Gasteiger partial charge in [0.25, 0.3) is 5.56 Å². The van der Waals surface area contributed by atoms with E-state index < -0.39 is 42.7 Å². The van der Waals surface area contributed by atoms with Gasteiger partial charge in [-0.2, -0.15) is 4.98 Å². The zero-order valence-electron chi connectivity index (χ0n) is 11.6. The van der Waals surface area contributed by atoms with E-state index in [-0.39, 0.29) is 17.1 Å². The third-order valence-corrected chi connectivity index (χ3v) is 3.47. The molecule has 0 spiro atoms. The molecule has 1 fully saturated rings. The molecule has 23 heavy (non-hydrogen) atoms. The number of primary amides is 1. The molecule has 2 amide bonds. The van der Waals surface area contributed by atoms with Crippen molar-refractivity contribution in [2.24, 2.45) is 5.73 Å². The number of carbonyl (C=O) groups excluding carboxylic acids is 1. The quantitative estimate of drug-likeness (QED) is 0.349. The molecule has 1 saturated heterocycles. The smallest absolute Gasteiger partial charge is 0.318 e. The molecule has 1 aliphatic heterocycles. The fourth-order valence-corrected chi connectivity index (χ4v) is 2.40. The monoisotopic (exact) mass is 326 g/mol. The number of aromatic amines is 1. The van der Waals surface area contributed by atoms with Crippen LogP contribution in [-0.4, -0.2) is 65.8 Å². The van der Waals surface area contributed by atoms with Crippen molar-refractivity contribution >= 4 is 23.1 Å². The first-order valence-electron chi connectivity index (χ1n) is 6.58. The summed E-state index contributed by atoms with van der Waals surface area (Å²) in [6.07, 6.45) is -3.58. The number of aliphatic hydroxyl groups excluding tert-OH is 3. The Bertz CT molecular complexity index is 802. The first-order chi connectivity index (χ1) is 10.9. The highest BCUT2D eigenvalue weighted by atomic mass is 16.6. The molecule has 12 heteroatoms. The normalized spacial score (nSPS) is 27.4. The number of rotatable bonds is 3. The molecule has 0 aromatic carbocycles. The number of aromatic nitrogens is 4. The summed E-state index contributed by atoms with van der Waals surface area (Å²) in [5.74, 6) is -0.205. The Balaban J connectivity index is 2.06. The average molecular weight is 326 g/mol. The first kappa shape index (κ1) is 15.4. The molecule has 0 aliphatic carbocycles. The predicted octanol–water partition coefficient (Wildman–Crippen LogP) is -2.78. The predicted molar refractivity (Wildman–Crippen MR) is 74.4 cm³/mol. The van der Waals surface area contributed by atoms with Gasteiger partial charge in [-0.15, -0.1) is 0 Å². The number of nitrogens with zero attached hydrogens (tertiary/aromatic N) is 3. The van der Waals surface area contributed by atoms with Gasteiger partial charge in [-0.1, -0.05) is 0 Å². The largest absolute Gasteiger partial charge is 0.394 e. The first-order valence-corrected chi connectivity index (χ1v) is 6.58. The van der Waals surface area contributed by atoms with E-state index in [9.17, 15) is 19.8 Å². The Hall–Kier alpha value is -2.54. The van der Waals surface area contributed by atoms with Gasteiger partial charge in [-0.05, 0) is 0 Å². The van der Waals surface area contributed by atoms with Crippen LogP contribution in [0.2, 0.25) is 0 Å². The SMILES string of the molecule is NC(=O)Nc1nc2c(ncn2[C@@H]2O[C@H](CO)[C@@H](O)[C@H]2O)c(=O)[nH]1. The number of imidazole rings is 1. The number of urea groups is 1. The molecule has 1 aliphatic rings. The lowest BCUT2D eigenvalue weighted by Gasteiger charge is -2.16. The number of anilines is 1. The van der Waals surface area contributed by atoms with Crippen LogP contribution >= 0.6 is 0 Å². The topological polar surface area (TPSA) is 189 Å². The van der Waals surface area contributed by atoms with E-state index in [0.717, 1.165) is 0 Å². The third-order valence-electron chi connectivity index (χ3n) is 3.47. The Morgan fingerprint density at radius 2 is 2.22 bits per heavy atom. The standard InChI is InChI=1S/C11H14N6O6/c12-10(22)16-11-14-7-4(8(21)15-11)13-2-17(7)9-6(20)5(19)3(1-18)23-9/h2-3,5-6,9,18-20H,1H2,(H4,12,14,15,16,21,22)/t3-,5-,6-,9-/m1/s1. The van der Waals surface area contributed by atoms with Gasteiger partial charge in [0.05, 0.1) is 12.9 Å². The van der Waals surface area contributed by atoms with Crippen LogP contribution in [0.4, 0.5) is 10.7 Å². The number of nitrogens with two attached hydrogens (primary N) is 1. The molecule has 0 bridgehead atoms. The fraction of sp³-hybridized carbons (Fsp3) is 0.455. The van der Waals surface area contributed by atoms with Crippen molar-refractivity contribution in [2.75, 3.05) is 11.9 Å². The van der Waals surface area contributed by atoms with Crippen molar-refractivity contribution in [3.63, 3.8) is 0 Å². The summed E-state index contributed by atoms with van der Waals surface area (Å²) in [6, 6.07) is -0.925. The molecule has 7 N–H and O–H groups in total. The van der Waals surface area contributed by atoms with Crippen molar-refractivity contribution < 1.29 is 24.9 Å². The second kappa shape index (κ2) is 5.58.